The fourth-order valence-electron chi connectivity index (χ4n) is 2.17. The number of amides is 1. The zero-order valence-electron chi connectivity index (χ0n) is 12.7. The molecule has 1 aromatic carbocycles. The van der Waals surface area contributed by atoms with E-state index in [-0.39, 0.29) is 18.4 Å². The van der Waals surface area contributed by atoms with E-state index in [0.29, 0.717) is 11.4 Å². The maximum atomic E-state index is 12.2. The third-order valence-corrected chi connectivity index (χ3v) is 4.59. The third kappa shape index (κ3) is 4.57. The van der Waals surface area contributed by atoms with E-state index < -0.39 is 5.60 Å². The van der Waals surface area contributed by atoms with Gasteiger partial charge in [-0.25, -0.2) is 0 Å². The molecule has 2 aromatic rings. The van der Waals surface area contributed by atoms with Crippen LogP contribution in [-0.4, -0.2) is 17.6 Å². The molecular weight excluding hydrogens is 318 g/mol. The lowest BCUT2D eigenvalue weighted by atomic mass is 9.97. The van der Waals surface area contributed by atoms with Crippen LogP contribution >= 0.6 is 22.9 Å². The summed E-state index contributed by atoms with van der Waals surface area (Å²) in [5.41, 5.74) is 0.843. The van der Waals surface area contributed by atoms with Crippen LogP contribution in [0.4, 0.5) is 0 Å². The van der Waals surface area contributed by atoms with Gasteiger partial charge in [0.2, 0.25) is 5.91 Å². The van der Waals surface area contributed by atoms with Crippen molar-refractivity contribution in [1.29, 1.82) is 0 Å². The molecule has 3 nitrogen and oxygen atoms in total. The predicted octanol–water partition coefficient (Wildman–Crippen LogP) is 3.60. The summed E-state index contributed by atoms with van der Waals surface area (Å²) >= 11 is 7.38. The van der Waals surface area contributed by atoms with Gasteiger partial charge in [-0.1, -0.05) is 30.7 Å². The number of nitrogens with one attached hydrogen (secondary N) is 1. The fourth-order valence-corrected chi connectivity index (χ4v) is 3.08. The molecule has 0 spiro atoms. The molecule has 0 saturated carbocycles. The topological polar surface area (TPSA) is 49.3 Å². The molecule has 0 aliphatic rings. The van der Waals surface area contributed by atoms with Crippen molar-refractivity contribution in [2.45, 2.75) is 25.9 Å². The summed E-state index contributed by atoms with van der Waals surface area (Å²) in [4.78, 5) is 12.2. The third-order valence-electron chi connectivity index (χ3n) is 3.65. The van der Waals surface area contributed by atoms with Gasteiger partial charge in [0.1, 0.15) is 5.60 Å². The number of carbonyl (C=O) groups excluding carboxylic acids is 1. The summed E-state index contributed by atoms with van der Waals surface area (Å²) in [5, 5.41) is 17.7. The molecule has 0 aliphatic heterocycles. The highest BCUT2D eigenvalue weighted by atomic mass is 35.5. The number of carbonyl (C=O) groups is 1. The Balaban J connectivity index is 1.87. The van der Waals surface area contributed by atoms with E-state index in [9.17, 15) is 9.90 Å². The van der Waals surface area contributed by atoms with Gasteiger partial charge < -0.3 is 10.4 Å². The maximum Gasteiger partial charge on any atom is 0.223 e. The summed E-state index contributed by atoms with van der Waals surface area (Å²) in [5.74, 6) is -0.232. The van der Waals surface area contributed by atoms with Gasteiger partial charge in [-0.2, -0.15) is 11.3 Å². The molecule has 2 rings (SSSR count). The van der Waals surface area contributed by atoms with Crippen LogP contribution < -0.4 is 5.32 Å². The van der Waals surface area contributed by atoms with Crippen LogP contribution in [-0.2, 0) is 16.8 Å². The number of benzene rings is 1. The van der Waals surface area contributed by atoms with Gasteiger partial charge in [0.05, 0.1) is 6.54 Å². The first kappa shape index (κ1) is 17.0. The molecule has 1 heterocycles. The molecule has 1 amide bonds. The van der Waals surface area contributed by atoms with Crippen molar-refractivity contribution < 1.29 is 9.90 Å². The number of hydrogen-bond donors (Lipinski definition) is 2. The summed E-state index contributed by atoms with van der Waals surface area (Å²) in [6, 6.07) is 9.36. The Morgan fingerprint density at radius 1 is 1.36 bits per heavy atom. The number of thiophene rings is 1. The Morgan fingerprint density at radius 2 is 2.05 bits per heavy atom. The van der Waals surface area contributed by atoms with Crippen LogP contribution in [0.1, 0.15) is 25.0 Å². The first-order valence-electron chi connectivity index (χ1n) is 7.16. The van der Waals surface area contributed by atoms with Gasteiger partial charge in [-0.05, 0) is 53.4 Å². The van der Waals surface area contributed by atoms with Gasteiger partial charge >= 0.3 is 0 Å². The Bertz CT molecular complexity index is 608. The standard InChI is InChI=1S/C17H20ClNO2S/c1-12(9-13-3-5-15(18)6-4-13)16(20)19-11-17(2,21)14-7-8-22-10-14/h3-8,10,12,21H,9,11H2,1-2H3,(H,19,20). The van der Waals surface area contributed by atoms with Gasteiger partial charge in [0.25, 0.3) is 0 Å². The average Bonchev–Trinajstić information content (AvgIpc) is 3.02. The van der Waals surface area contributed by atoms with Crippen LogP contribution in [0.3, 0.4) is 0 Å². The first-order valence-corrected chi connectivity index (χ1v) is 8.48. The molecule has 2 N–H and O–H groups in total. The summed E-state index contributed by atoms with van der Waals surface area (Å²) in [7, 11) is 0. The van der Waals surface area contributed by atoms with Gasteiger partial charge in [0, 0.05) is 10.9 Å². The number of aliphatic hydroxyl groups is 1. The molecule has 0 bridgehead atoms. The van der Waals surface area contributed by atoms with E-state index >= 15 is 0 Å². The normalized spacial score (nSPS) is 15.1. The summed E-state index contributed by atoms with van der Waals surface area (Å²) < 4.78 is 0. The zero-order valence-corrected chi connectivity index (χ0v) is 14.2. The van der Waals surface area contributed by atoms with Crippen LogP contribution in [0.5, 0.6) is 0 Å². The smallest absolute Gasteiger partial charge is 0.223 e. The van der Waals surface area contributed by atoms with Crippen molar-refractivity contribution in [1.82, 2.24) is 5.32 Å². The molecule has 0 fully saturated rings. The molecule has 118 valence electrons. The summed E-state index contributed by atoms with van der Waals surface area (Å²) in [6.45, 7) is 3.79. The van der Waals surface area contributed by atoms with Crippen molar-refractivity contribution >= 4 is 28.8 Å². The minimum absolute atomic E-state index is 0.0644. The minimum Gasteiger partial charge on any atom is -0.384 e. The first-order chi connectivity index (χ1) is 10.4. The fraction of sp³-hybridized carbons (Fsp3) is 0.353. The number of halogens is 1. The van der Waals surface area contributed by atoms with Crippen molar-refractivity contribution in [3.8, 4) is 0 Å². The maximum absolute atomic E-state index is 12.2. The van der Waals surface area contributed by atoms with E-state index in [1.54, 1.807) is 6.92 Å². The van der Waals surface area contributed by atoms with E-state index in [1.807, 2.05) is 48.0 Å². The second kappa shape index (κ2) is 7.27. The minimum atomic E-state index is -1.05. The van der Waals surface area contributed by atoms with E-state index in [2.05, 4.69) is 5.32 Å². The molecule has 22 heavy (non-hydrogen) atoms. The van der Waals surface area contributed by atoms with Crippen LogP contribution in [0, 0.1) is 5.92 Å². The average molecular weight is 338 g/mol. The lowest BCUT2D eigenvalue weighted by Crippen LogP contribution is -2.40. The monoisotopic (exact) mass is 337 g/mol. The molecular formula is C17H20ClNO2S. The molecule has 2 atom stereocenters. The number of hydrogen-bond acceptors (Lipinski definition) is 3. The Labute approximate surface area is 139 Å². The highest BCUT2D eigenvalue weighted by Gasteiger charge is 2.25. The van der Waals surface area contributed by atoms with Crippen molar-refractivity contribution in [3.05, 3.63) is 57.2 Å². The second-order valence-electron chi connectivity index (χ2n) is 5.74. The van der Waals surface area contributed by atoms with Gasteiger partial charge in [-0.15, -0.1) is 0 Å². The SMILES string of the molecule is CC(Cc1ccc(Cl)cc1)C(=O)NCC(C)(O)c1ccsc1. The molecule has 0 saturated heterocycles. The lowest BCUT2D eigenvalue weighted by molar-refractivity contribution is -0.125. The highest BCUT2D eigenvalue weighted by molar-refractivity contribution is 7.08. The predicted molar refractivity (Wildman–Crippen MR) is 91.2 cm³/mol. The Hall–Kier alpha value is -1.36. The van der Waals surface area contributed by atoms with Crippen LogP contribution in [0.2, 0.25) is 5.02 Å². The molecule has 0 aliphatic carbocycles. The Morgan fingerprint density at radius 3 is 2.64 bits per heavy atom. The van der Waals surface area contributed by atoms with Crippen LogP contribution in [0.15, 0.2) is 41.1 Å². The van der Waals surface area contributed by atoms with E-state index in [4.69, 9.17) is 11.6 Å². The molecule has 0 radical (unpaired) electrons. The Kier molecular flexibility index (Phi) is 5.62. The highest BCUT2D eigenvalue weighted by Crippen LogP contribution is 2.22. The van der Waals surface area contributed by atoms with Crippen molar-refractivity contribution in [3.63, 3.8) is 0 Å². The number of rotatable bonds is 6. The zero-order chi connectivity index (χ0) is 16.2. The van der Waals surface area contributed by atoms with Crippen LogP contribution in [0.25, 0.3) is 0 Å². The lowest BCUT2D eigenvalue weighted by Gasteiger charge is -2.24. The molecule has 5 heteroatoms. The van der Waals surface area contributed by atoms with E-state index in [0.717, 1.165) is 11.1 Å². The van der Waals surface area contributed by atoms with Crippen molar-refractivity contribution in [2.24, 2.45) is 5.92 Å². The molecule has 2 unspecified atom stereocenters. The largest absolute Gasteiger partial charge is 0.384 e. The van der Waals surface area contributed by atoms with Gasteiger partial charge in [-0.3, -0.25) is 4.79 Å². The van der Waals surface area contributed by atoms with Gasteiger partial charge in [0.15, 0.2) is 0 Å². The van der Waals surface area contributed by atoms with E-state index in [1.165, 1.54) is 11.3 Å². The second-order valence-corrected chi connectivity index (χ2v) is 6.95. The quantitative estimate of drug-likeness (QED) is 0.846. The molecule has 1 aromatic heterocycles. The summed E-state index contributed by atoms with van der Waals surface area (Å²) in [6.07, 6.45) is 0.642. The van der Waals surface area contributed by atoms with Crippen molar-refractivity contribution in [2.75, 3.05) is 6.54 Å².